The van der Waals surface area contributed by atoms with Crippen molar-refractivity contribution in [1.29, 1.82) is 0 Å². The molecule has 4 nitrogen and oxygen atoms in total. The number of rotatable bonds is 0. The molecule has 0 heterocycles. The van der Waals surface area contributed by atoms with Gasteiger partial charge in [0.25, 0.3) is 0 Å². The molecule has 7 heavy (non-hydrogen) atoms. The van der Waals surface area contributed by atoms with E-state index in [0.717, 1.165) is 0 Å². The number of phosphoric acid groups is 1. The Morgan fingerprint density at radius 1 is 1.14 bits per heavy atom. The van der Waals surface area contributed by atoms with Crippen LogP contribution < -0.4 is 0 Å². The van der Waals surface area contributed by atoms with Gasteiger partial charge < -0.3 is 14.7 Å². The van der Waals surface area contributed by atoms with Crippen LogP contribution in [-0.2, 0) is 4.57 Å². The first-order valence-corrected chi connectivity index (χ1v) is 2.35. The Morgan fingerprint density at radius 2 is 1.14 bits per heavy atom. The zero-order chi connectivity index (χ0) is 4.50. The molecular formula is H5GdO4PSr. The van der Waals surface area contributed by atoms with Crippen LogP contribution in [0.5, 0.6) is 0 Å². The van der Waals surface area contributed by atoms with E-state index in [9.17, 15) is 0 Å². The van der Waals surface area contributed by atoms with E-state index in [1.807, 2.05) is 0 Å². The van der Waals surface area contributed by atoms with Gasteiger partial charge in [0.15, 0.2) is 0 Å². The van der Waals surface area contributed by atoms with E-state index in [0.29, 0.717) is 0 Å². The van der Waals surface area contributed by atoms with Gasteiger partial charge in [-0.25, -0.2) is 4.57 Å². The van der Waals surface area contributed by atoms with Crippen molar-refractivity contribution in [3.05, 3.63) is 0 Å². The minimum absolute atomic E-state index is 0. The topological polar surface area (TPSA) is 77.8 Å². The van der Waals surface area contributed by atoms with Gasteiger partial charge in [-0.1, -0.05) is 0 Å². The van der Waals surface area contributed by atoms with Crippen LogP contribution in [0.1, 0.15) is 0 Å². The summed E-state index contributed by atoms with van der Waals surface area (Å²) in [4.78, 5) is 21.6. The van der Waals surface area contributed by atoms with Crippen molar-refractivity contribution in [3.8, 4) is 0 Å². The van der Waals surface area contributed by atoms with Crippen LogP contribution in [0, 0.1) is 39.9 Å². The van der Waals surface area contributed by atoms with Crippen molar-refractivity contribution in [1.82, 2.24) is 0 Å². The molecule has 7 heteroatoms. The van der Waals surface area contributed by atoms with E-state index < -0.39 is 7.82 Å². The first-order valence-electron chi connectivity index (χ1n) is 0.783. The second-order valence-corrected chi connectivity index (χ2v) is 1.54. The van der Waals surface area contributed by atoms with Gasteiger partial charge in [0.05, 0.1) is 0 Å². The maximum absolute atomic E-state index is 8.88. The van der Waals surface area contributed by atoms with Gasteiger partial charge >= 0.3 is 53.3 Å². The van der Waals surface area contributed by atoms with Crippen LogP contribution in [0.3, 0.4) is 0 Å². The molecule has 0 atom stereocenters. The SMILES string of the molecule is O=P(O)(O)O.[Gd].[SrH2]. The molecule has 0 bridgehead atoms. The molecule has 0 radical (unpaired) electrons. The summed E-state index contributed by atoms with van der Waals surface area (Å²) < 4.78 is 8.88. The summed E-state index contributed by atoms with van der Waals surface area (Å²) in [5, 5.41) is 0. The van der Waals surface area contributed by atoms with Gasteiger partial charge in [-0.15, -0.1) is 0 Å². The second kappa shape index (κ2) is 7.03. The van der Waals surface area contributed by atoms with Crippen molar-refractivity contribution in [2.75, 3.05) is 0 Å². The Balaban J connectivity index is -0.0000000800. The van der Waals surface area contributed by atoms with E-state index >= 15 is 0 Å². The molecule has 0 aliphatic heterocycles. The van der Waals surface area contributed by atoms with E-state index in [1.54, 1.807) is 0 Å². The average molecular weight is 345 g/mol. The van der Waals surface area contributed by atoms with Gasteiger partial charge in [0.1, 0.15) is 0 Å². The fourth-order valence-corrected chi connectivity index (χ4v) is 0. The molecular weight excluding hydrogens is 340 g/mol. The first-order chi connectivity index (χ1) is 2.00. The molecule has 0 amide bonds. The molecule has 0 aliphatic carbocycles. The molecule has 0 aliphatic rings. The quantitative estimate of drug-likeness (QED) is 0.356. The molecule has 0 saturated carbocycles. The first kappa shape index (κ1) is 16.5. The summed E-state index contributed by atoms with van der Waals surface area (Å²) in [7, 11) is -4.64. The van der Waals surface area contributed by atoms with E-state index in [2.05, 4.69) is 0 Å². The third kappa shape index (κ3) is 50.2. The van der Waals surface area contributed by atoms with E-state index in [4.69, 9.17) is 19.2 Å². The molecule has 0 aromatic carbocycles. The Hall–Kier alpha value is 2.92. The van der Waals surface area contributed by atoms with Gasteiger partial charge in [0.2, 0.25) is 0 Å². The number of hydrogen-bond donors (Lipinski definition) is 3. The molecule has 0 aromatic rings. The zero-order valence-corrected chi connectivity index (χ0v) is 5.71. The van der Waals surface area contributed by atoms with Crippen LogP contribution >= 0.6 is 7.82 Å². The van der Waals surface area contributed by atoms with Crippen molar-refractivity contribution in [2.45, 2.75) is 0 Å². The standard InChI is InChI=1S/Gd.H3O4P.Sr.2H/c;1-5(2,3)4;;;/h;(H3,1,2,3,4);;;. The van der Waals surface area contributed by atoms with Crippen LogP contribution in [-0.4, -0.2) is 60.2 Å². The molecule has 0 aromatic heterocycles. The normalized spacial score (nSPS) is 8.43. The summed E-state index contributed by atoms with van der Waals surface area (Å²) >= 11 is 0. The zero-order valence-electron chi connectivity index (χ0n) is 2.55. The van der Waals surface area contributed by atoms with Crippen molar-refractivity contribution in [2.24, 2.45) is 0 Å². The van der Waals surface area contributed by atoms with Gasteiger partial charge in [-0.05, 0) is 0 Å². The average Bonchev–Trinajstić information content (AvgIpc) is 0.722. The minimum atomic E-state index is -4.64. The van der Waals surface area contributed by atoms with Crippen molar-refractivity contribution in [3.63, 3.8) is 0 Å². The molecule has 0 unspecified atom stereocenters. The Kier molecular flexibility index (Phi) is 16.5. The summed E-state index contributed by atoms with van der Waals surface area (Å²) in [5.74, 6) is 0. The molecule has 44 valence electrons. The van der Waals surface area contributed by atoms with Crippen molar-refractivity contribution < 1.29 is 59.2 Å². The fourth-order valence-electron chi connectivity index (χ4n) is 0. The maximum atomic E-state index is 8.88. The third-order valence-corrected chi connectivity index (χ3v) is 0. The van der Waals surface area contributed by atoms with Gasteiger partial charge in [0, 0.05) is 39.9 Å². The molecule has 0 rings (SSSR count). The summed E-state index contributed by atoms with van der Waals surface area (Å²) in [6.45, 7) is 0. The molecule has 0 spiro atoms. The molecule has 3 N–H and O–H groups in total. The number of hydrogen-bond acceptors (Lipinski definition) is 1. The Bertz CT molecular complexity index is 57.8. The molecule has 0 saturated heterocycles. The van der Waals surface area contributed by atoms with Crippen LogP contribution in [0.2, 0.25) is 0 Å². The molecule has 0 fully saturated rings. The summed E-state index contributed by atoms with van der Waals surface area (Å²) in [5.41, 5.74) is 0. The van der Waals surface area contributed by atoms with Crippen LogP contribution in [0.25, 0.3) is 0 Å². The summed E-state index contributed by atoms with van der Waals surface area (Å²) in [6, 6.07) is 0. The van der Waals surface area contributed by atoms with E-state index in [-0.39, 0.29) is 85.4 Å². The predicted octanol–water partition coefficient (Wildman–Crippen LogP) is -1.84. The second-order valence-electron chi connectivity index (χ2n) is 0.513. The van der Waals surface area contributed by atoms with Crippen LogP contribution in [0.4, 0.5) is 0 Å². The summed E-state index contributed by atoms with van der Waals surface area (Å²) in [6.07, 6.45) is 0. The Morgan fingerprint density at radius 3 is 1.14 bits per heavy atom. The van der Waals surface area contributed by atoms with Gasteiger partial charge in [-0.2, -0.15) is 0 Å². The Labute approximate surface area is 110 Å². The van der Waals surface area contributed by atoms with Gasteiger partial charge in [-0.3, -0.25) is 0 Å². The fraction of sp³-hybridized carbons (Fsp3) is 0. The van der Waals surface area contributed by atoms with Crippen LogP contribution in [0.15, 0.2) is 0 Å². The van der Waals surface area contributed by atoms with E-state index in [1.165, 1.54) is 0 Å². The van der Waals surface area contributed by atoms with Crippen molar-refractivity contribution >= 4 is 53.3 Å². The monoisotopic (exact) mass is 346 g/mol. The predicted molar refractivity (Wildman–Crippen MR) is 22.8 cm³/mol. The third-order valence-electron chi connectivity index (χ3n) is 0.